The predicted molar refractivity (Wildman–Crippen MR) is 123 cm³/mol. The van der Waals surface area contributed by atoms with E-state index in [9.17, 15) is 9.59 Å². The van der Waals surface area contributed by atoms with Crippen LogP contribution < -0.4 is 20.7 Å². The van der Waals surface area contributed by atoms with Crippen molar-refractivity contribution in [3.05, 3.63) is 58.9 Å². The average molecular weight is 436 g/mol. The van der Waals surface area contributed by atoms with Gasteiger partial charge in [0.05, 0.1) is 29.3 Å². The molecule has 8 heteroatoms. The second-order valence-electron chi connectivity index (χ2n) is 7.88. The van der Waals surface area contributed by atoms with Crippen LogP contribution in [-0.4, -0.2) is 41.6 Å². The van der Waals surface area contributed by atoms with Gasteiger partial charge in [-0.05, 0) is 57.1 Å². The third-order valence-electron chi connectivity index (χ3n) is 5.81. The molecular weight excluding hydrogens is 406 g/mol. The number of nitrogens with one attached hydrogen (secondary N) is 3. The topological polar surface area (TPSA) is 97.3 Å². The van der Waals surface area contributed by atoms with Gasteiger partial charge in [0, 0.05) is 13.6 Å². The summed E-state index contributed by atoms with van der Waals surface area (Å²) < 4.78 is 7.77. The quantitative estimate of drug-likeness (QED) is 0.449. The van der Waals surface area contributed by atoms with Crippen LogP contribution in [0.5, 0.6) is 5.75 Å². The van der Waals surface area contributed by atoms with E-state index in [4.69, 9.17) is 9.72 Å². The normalized spacial score (nSPS) is 13.7. The molecule has 0 spiro atoms. The summed E-state index contributed by atoms with van der Waals surface area (Å²) in [5.74, 6) is 1.00. The molecule has 4 rings (SSSR count). The maximum Gasteiger partial charge on any atom is 0.252 e. The molecule has 8 nitrogen and oxygen atoms in total. The number of benzene rings is 2. The molecule has 0 bridgehead atoms. The number of hydrogen-bond acceptors (Lipinski definition) is 5. The Labute approximate surface area is 187 Å². The van der Waals surface area contributed by atoms with Crippen LogP contribution in [0.25, 0.3) is 11.0 Å². The zero-order valence-corrected chi connectivity index (χ0v) is 18.7. The van der Waals surface area contributed by atoms with Gasteiger partial charge < -0.3 is 25.3 Å². The number of rotatable bonds is 9. The van der Waals surface area contributed by atoms with Gasteiger partial charge in [-0.15, -0.1) is 0 Å². The molecule has 3 aromatic rings. The summed E-state index contributed by atoms with van der Waals surface area (Å²) in [6.07, 6.45) is 1.56. The fourth-order valence-electron chi connectivity index (χ4n) is 4.24. The average Bonchev–Trinajstić information content (AvgIpc) is 3.34. The SMILES string of the molecule is CCOc1cccc2c1nc(C(CCCNC)NC(=O)c1cccc3c1C(=O)NC3)n2C. The van der Waals surface area contributed by atoms with Crippen LogP contribution in [0.2, 0.25) is 0 Å². The Morgan fingerprint density at radius 1 is 1.28 bits per heavy atom. The van der Waals surface area contributed by atoms with E-state index in [2.05, 4.69) is 16.0 Å². The fourth-order valence-corrected chi connectivity index (χ4v) is 4.24. The predicted octanol–water partition coefficient (Wildman–Crippen LogP) is 2.69. The minimum atomic E-state index is -0.317. The van der Waals surface area contributed by atoms with Crippen LogP contribution in [-0.2, 0) is 13.6 Å². The number of ether oxygens (including phenoxy) is 1. The van der Waals surface area contributed by atoms with Crippen LogP contribution in [0, 0.1) is 0 Å². The summed E-state index contributed by atoms with van der Waals surface area (Å²) in [7, 11) is 3.86. The Hall–Kier alpha value is -3.39. The molecular formula is C24H29N5O3. The van der Waals surface area contributed by atoms with Crippen molar-refractivity contribution in [2.24, 2.45) is 7.05 Å². The summed E-state index contributed by atoms with van der Waals surface area (Å²) in [5, 5.41) is 9.09. The number of carbonyl (C=O) groups excluding carboxylic acids is 2. The van der Waals surface area contributed by atoms with Gasteiger partial charge in [-0.1, -0.05) is 18.2 Å². The molecule has 0 saturated heterocycles. The molecule has 2 heterocycles. The molecule has 2 amide bonds. The van der Waals surface area contributed by atoms with Gasteiger partial charge in [0.15, 0.2) is 0 Å². The molecule has 0 fully saturated rings. The van der Waals surface area contributed by atoms with Gasteiger partial charge in [0.25, 0.3) is 11.8 Å². The van der Waals surface area contributed by atoms with Crippen molar-refractivity contribution in [3.63, 3.8) is 0 Å². The van der Waals surface area contributed by atoms with Gasteiger partial charge >= 0.3 is 0 Å². The van der Waals surface area contributed by atoms with Gasteiger partial charge in [0.1, 0.15) is 17.1 Å². The third kappa shape index (κ3) is 4.05. The maximum atomic E-state index is 13.3. The van der Waals surface area contributed by atoms with E-state index < -0.39 is 0 Å². The lowest BCUT2D eigenvalue weighted by atomic mass is 10.0. The first-order valence-corrected chi connectivity index (χ1v) is 11.0. The second kappa shape index (κ2) is 9.40. The summed E-state index contributed by atoms with van der Waals surface area (Å²) in [6, 6.07) is 10.9. The number of para-hydroxylation sites is 1. The van der Waals surface area contributed by atoms with Gasteiger partial charge in [-0.25, -0.2) is 4.98 Å². The van der Waals surface area contributed by atoms with Crippen molar-refractivity contribution < 1.29 is 14.3 Å². The maximum absolute atomic E-state index is 13.3. The van der Waals surface area contributed by atoms with E-state index in [1.54, 1.807) is 6.07 Å². The lowest BCUT2D eigenvalue weighted by molar-refractivity contribution is 0.0912. The van der Waals surface area contributed by atoms with Crippen molar-refractivity contribution in [2.45, 2.75) is 32.4 Å². The van der Waals surface area contributed by atoms with Crippen LogP contribution in [0.15, 0.2) is 36.4 Å². The summed E-state index contributed by atoms with van der Waals surface area (Å²) >= 11 is 0. The standard InChI is InChI=1S/C24H29N5O3/c1-4-32-19-12-6-11-18-21(19)28-22(29(18)3)17(10-7-13-25-2)27-23(30)16-9-5-8-15-14-26-24(31)20(15)16/h5-6,8-9,11-12,17,25H,4,7,10,13-14H2,1-3H3,(H,26,31)(H,27,30). The van der Waals surface area contributed by atoms with Crippen molar-refractivity contribution in [1.29, 1.82) is 0 Å². The van der Waals surface area contributed by atoms with E-state index in [1.165, 1.54) is 0 Å². The van der Waals surface area contributed by atoms with Crippen molar-refractivity contribution >= 4 is 22.8 Å². The van der Waals surface area contributed by atoms with Crippen LogP contribution in [0.4, 0.5) is 0 Å². The van der Waals surface area contributed by atoms with E-state index in [0.717, 1.165) is 41.1 Å². The van der Waals surface area contributed by atoms with Crippen molar-refractivity contribution in [3.8, 4) is 5.75 Å². The molecule has 2 aromatic carbocycles. The lowest BCUT2D eigenvalue weighted by Gasteiger charge is -2.19. The molecule has 1 aliphatic heterocycles. The number of imidazole rings is 1. The number of aromatic nitrogens is 2. The first-order valence-electron chi connectivity index (χ1n) is 11.0. The number of aryl methyl sites for hydroxylation is 1. The molecule has 0 saturated carbocycles. The second-order valence-corrected chi connectivity index (χ2v) is 7.88. The van der Waals surface area contributed by atoms with Crippen LogP contribution in [0.3, 0.4) is 0 Å². The molecule has 1 atom stereocenters. The highest BCUT2D eigenvalue weighted by molar-refractivity contribution is 6.09. The molecule has 1 aromatic heterocycles. The third-order valence-corrected chi connectivity index (χ3v) is 5.81. The molecule has 0 radical (unpaired) electrons. The number of nitrogens with zero attached hydrogens (tertiary/aromatic N) is 2. The Balaban J connectivity index is 1.69. The minimum absolute atomic E-state index is 0.207. The first kappa shape index (κ1) is 21.8. The lowest BCUT2D eigenvalue weighted by Crippen LogP contribution is -2.32. The van der Waals surface area contributed by atoms with Crippen LogP contribution >= 0.6 is 0 Å². The zero-order valence-electron chi connectivity index (χ0n) is 18.7. The van der Waals surface area contributed by atoms with E-state index in [-0.39, 0.29) is 17.9 Å². The van der Waals surface area contributed by atoms with Gasteiger partial charge in [-0.2, -0.15) is 0 Å². The number of fused-ring (bicyclic) bond motifs is 2. The Kier molecular flexibility index (Phi) is 6.41. The minimum Gasteiger partial charge on any atom is -0.492 e. The molecule has 1 aliphatic rings. The molecule has 1 unspecified atom stereocenters. The largest absolute Gasteiger partial charge is 0.492 e. The molecule has 0 aliphatic carbocycles. The van der Waals surface area contributed by atoms with Crippen LogP contribution in [0.1, 0.15) is 57.9 Å². The monoisotopic (exact) mass is 435 g/mol. The van der Waals surface area contributed by atoms with Gasteiger partial charge in [-0.3, -0.25) is 9.59 Å². The number of amides is 2. The number of hydrogen-bond donors (Lipinski definition) is 3. The zero-order chi connectivity index (χ0) is 22.7. The Bertz CT molecular complexity index is 1150. The Morgan fingerprint density at radius 2 is 2.09 bits per heavy atom. The summed E-state index contributed by atoms with van der Waals surface area (Å²) in [4.78, 5) is 30.5. The number of carbonyl (C=O) groups is 2. The fraction of sp³-hybridized carbons (Fsp3) is 0.375. The Morgan fingerprint density at radius 3 is 2.88 bits per heavy atom. The van der Waals surface area contributed by atoms with E-state index >= 15 is 0 Å². The summed E-state index contributed by atoms with van der Waals surface area (Å²) in [6.45, 7) is 3.77. The first-order chi connectivity index (χ1) is 15.5. The smallest absolute Gasteiger partial charge is 0.252 e. The molecule has 168 valence electrons. The molecule has 32 heavy (non-hydrogen) atoms. The van der Waals surface area contributed by atoms with Gasteiger partial charge in [0.2, 0.25) is 0 Å². The van der Waals surface area contributed by atoms with Crippen molar-refractivity contribution in [1.82, 2.24) is 25.5 Å². The van der Waals surface area contributed by atoms with E-state index in [0.29, 0.717) is 30.7 Å². The van der Waals surface area contributed by atoms with Crippen molar-refractivity contribution in [2.75, 3.05) is 20.2 Å². The summed E-state index contributed by atoms with van der Waals surface area (Å²) in [5.41, 5.74) is 3.42. The highest BCUT2D eigenvalue weighted by Crippen LogP contribution is 2.29. The highest BCUT2D eigenvalue weighted by atomic mass is 16.5. The molecule has 3 N–H and O–H groups in total. The highest BCUT2D eigenvalue weighted by Gasteiger charge is 2.28. The van der Waals surface area contributed by atoms with E-state index in [1.807, 2.05) is 55.9 Å².